The van der Waals surface area contributed by atoms with E-state index >= 15 is 0 Å². The van der Waals surface area contributed by atoms with E-state index in [1.807, 2.05) is 24.3 Å². The summed E-state index contributed by atoms with van der Waals surface area (Å²) in [6, 6.07) is 10.0. The van der Waals surface area contributed by atoms with Crippen LogP contribution in [0.1, 0.15) is 23.2 Å². The highest BCUT2D eigenvalue weighted by Crippen LogP contribution is 2.31. The van der Waals surface area contributed by atoms with Gasteiger partial charge in [0.05, 0.1) is 5.69 Å². The Balaban J connectivity index is 2.13. The van der Waals surface area contributed by atoms with Gasteiger partial charge in [0.1, 0.15) is 0 Å². The van der Waals surface area contributed by atoms with Gasteiger partial charge in [-0.25, -0.2) is 0 Å². The molecule has 3 rings (SSSR count). The van der Waals surface area contributed by atoms with Crippen LogP contribution in [-0.2, 0) is 12.8 Å². The predicted molar refractivity (Wildman–Crippen MR) is 71.2 cm³/mol. The van der Waals surface area contributed by atoms with Crippen molar-refractivity contribution in [2.75, 3.05) is 0 Å². The molecule has 0 atom stereocenters. The Morgan fingerprint density at radius 3 is 2.88 bits per heavy atom. The van der Waals surface area contributed by atoms with Crippen LogP contribution < -0.4 is 0 Å². The predicted octanol–water partition coefficient (Wildman–Crippen LogP) is 4.07. The third-order valence-electron chi connectivity index (χ3n) is 3.22. The summed E-state index contributed by atoms with van der Waals surface area (Å²) in [6.07, 6.45) is 3.28. The quantitative estimate of drug-likeness (QED) is 0.687. The molecule has 1 aromatic carbocycles. The van der Waals surface area contributed by atoms with Crippen LogP contribution in [0.4, 0.5) is 0 Å². The summed E-state index contributed by atoms with van der Waals surface area (Å²) in [4.78, 5) is 4.71. The van der Waals surface area contributed by atoms with Gasteiger partial charge < -0.3 is 0 Å². The van der Waals surface area contributed by atoms with Crippen LogP contribution in [0.5, 0.6) is 0 Å². The second kappa shape index (κ2) is 4.08. The number of nitrogens with zero attached hydrogens (tertiary/aromatic N) is 1. The lowest BCUT2D eigenvalue weighted by Crippen LogP contribution is -1.93. The van der Waals surface area contributed by atoms with E-state index in [0.717, 1.165) is 34.7 Å². The van der Waals surface area contributed by atoms with Gasteiger partial charge in [-0.2, -0.15) is 24.6 Å². The van der Waals surface area contributed by atoms with Crippen LogP contribution in [0.15, 0.2) is 30.3 Å². The Bertz CT molecular complexity index is 575. The lowest BCUT2D eigenvalue weighted by Gasteiger charge is -2.10. The van der Waals surface area contributed by atoms with Crippen LogP contribution in [-0.4, -0.2) is 4.98 Å². The smallest absolute Gasteiger partial charge is 0.0598 e. The fourth-order valence-electron chi connectivity index (χ4n) is 2.37. The van der Waals surface area contributed by atoms with Gasteiger partial charge in [-0.1, -0.05) is 23.2 Å². The van der Waals surface area contributed by atoms with Crippen LogP contribution in [0.3, 0.4) is 0 Å². The molecule has 0 amide bonds. The van der Waals surface area contributed by atoms with Gasteiger partial charge in [0, 0.05) is 10.7 Å². The number of benzene rings is 1. The molecule has 0 unspecified atom stereocenters. The zero-order valence-electron chi connectivity index (χ0n) is 9.54. The third-order valence-corrected chi connectivity index (χ3v) is 3.56. The van der Waals surface area contributed by atoms with Gasteiger partial charge >= 0.3 is 0 Å². The summed E-state index contributed by atoms with van der Waals surface area (Å²) in [5, 5.41) is 0.858. The van der Waals surface area contributed by atoms with Crippen molar-refractivity contribution in [3.8, 4) is 11.3 Å². The highest BCUT2D eigenvalue weighted by Gasteiger charge is 2.16. The Morgan fingerprint density at radius 1 is 1.18 bits per heavy atom. The molecule has 1 aromatic heterocycles. The number of pyridine rings is 1. The summed E-state index contributed by atoms with van der Waals surface area (Å²) >= 11 is 6.31. The molecule has 0 aliphatic heterocycles. The van der Waals surface area contributed by atoms with Crippen molar-refractivity contribution in [2.45, 2.75) is 19.3 Å². The molecule has 2 heteroatoms. The van der Waals surface area contributed by atoms with E-state index in [0.29, 0.717) is 0 Å². The van der Waals surface area contributed by atoms with Crippen molar-refractivity contribution in [3.05, 3.63) is 59.1 Å². The summed E-state index contributed by atoms with van der Waals surface area (Å²) in [7, 11) is 0. The first-order valence-electron chi connectivity index (χ1n) is 5.85. The van der Waals surface area contributed by atoms with Crippen molar-refractivity contribution in [3.63, 3.8) is 0 Å². The first kappa shape index (κ1) is 10.7. The first-order chi connectivity index (χ1) is 8.24. The highest BCUT2D eigenvalue weighted by molar-refractivity contribution is 6.31. The molecule has 0 spiro atoms. The Morgan fingerprint density at radius 2 is 2.06 bits per heavy atom. The lowest BCUT2D eigenvalue weighted by atomic mass is 10.1. The Hall–Kier alpha value is -1.47. The molecular weight excluding hydrogens is 230 g/mol. The van der Waals surface area contributed by atoms with Crippen LogP contribution in [0.25, 0.3) is 11.3 Å². The molecule has 1 nitrogen and oxygen atoms in total. The summed E-state index contributed by atoms with van der Waals surface area (Å²) < 4.78 is 0. The molecule has 1 aliphatic carbocycles. The minimum atomic E-state index is 0.858. The molecule has 0 radical (unpaired) electrons. The van der Waals surface area contributed by atoms with Crippen LogP contribution >= 0.6 is 11.6 Å². The van der Waals surface area contributed by atoms with E-state index in [9.17, 15) is 0 Å². The van der Waals surface area contributed by atoms with Crippen molar-refractivity contribution < 1.29 is 0 Å². The fraction of sp³-hybridized carbons (Fsp3) is 0.200. The maximum Gasteiger partial charge on any atom is 0.0598 e. The topological polar surface area (TPSA) is 12.9 Å². The number of hydrogen-bond acceptors (Lipinski definition) is 1. The minimum Gasteiger partial charge on any atom is -0.254 e. The zero-order chi connectivity index (χ0) is 11.8. The van der Waals surface area contributed by atoms with Crippen molar-refractivity contribution in [1.82, 2.24) is 4.98 Å². The number of halogens is 1. The van der Waals surface area contributed by atoms with E-state index in [4.69, 9.17) is 16.6 Å². The number of aryl methyl sites for hydroxylation is 1. The van der Waals surface area contributed by atoms with Gasteiger partial charge in [0.25, 0.3) is 0 Å². The number of hydrogen-bond donors (Lipinski definition) is 0. The monoisotopic (exact) mass is 242 g/mol. The van der Waals surface area contributed by atoms with E-state index in [2.05, 4.69) is 13.0 Å². The van der Waals surface area contributed by atoms with E-state index in [-0.39, 0.29) is 0 Å². The highest BCUT2D eigenvalue weighted by atomic mass is 35.5. The SMILES string of the molecule is [CH2-]c1cccc(-c2cc(Cl)c3c(n2)CCC3)c1. The van der Waals surface area contributed by atoms with Gasteiger partial charge in [-0.15, -0.1) is 6.07 Å². The van der Waals surface area contributed by atoms with Gasteiger partial charge in [0.15, 0.2) is 0 Å². The van der Waals surface area contributed by atoms with Gasteiger partial charge in [0.2, 0.25) is 0 Å². The van der Waals surface area contributed by atoms with Crippen molar-refractivity contribution >= 4 is 11.6 Å². The lowest BCUT2D eigenvalue weighted by molar-refractivity contribution is 0.900. The fourth-order valence-corrected chi connectivity index (χ4v) is 2.68. The summed E-state index contributed by atoms with van der Waals surface area (Å²) in [5.74, 6) is 0. The molecule has 2 aromatic rings. The molecule has 0 saturated heterocycles. The zero-order valence-corrected chi connectivity index (χ0v) is 10.3. The second-order valence-electron chi connectivity index (χ2n) is 4.47. The average molecular weight is 243 g/mol. The number of rotatable bonds is 1. The summed E-state index contributed by atoms with van der Waals surface area (Å²) in [5.41, 5.74) is 5.46. The molecule has 1 aliphatic rings. The maximum atomic E-state index is 6.31. The van der Waals surface area contributed by atoms with Crippen molar-refractivity contribution in [2.24, 2.45) is 0 Å². The van der Waals surface area contributed by atoms with Crippen LogP contribution in [0, 0.1) is 6.92 Å². The van der Waals surface area contributed by atoms with E-state index < -0.39 is 0 Å². The third kappa shape index (κ3) is 1.91. The Kier molecular flexibility index (Phi) is 2.56. The molecule has 1 heterocycles. The van der Waals surface area contributed by atoms with E-state index in [1.165, 1.54) is 17.7 Å². The molecule has 0 N–H and O–H groups in total. The van der Waals surface area contributed by atoms with Crippen molar-refractivity contribution in [1.29, 1.82) is 0 Å². The van der Waals surface area contributed by atoms with E-state index in [1.54, 1.807) is 0 Å². The summed E-state index contributed by atoms with van der Waals surface area (Å²) in [6.45, 7) is 3.94. The van der Waals surface area contributed by atoms with Gasteiger partial charge in [-0.3, -0.25) is 4.98 Å². The van der Waals surface area contributed by atoms with Crippen LogP contribution in [0.2, 0.25) is 5.02 Å². The number of fused-ring (bicyclic) bond motifs is 1. The first-order valence-corrected chi connectivity index (χ1v) is 6.22. The minimum absolute atomic E-state index is 0.858. The molecule has 0 bridgehead atoms. The normalized spacial score (nSPS) is 13.7. The molecule has 17 heavy (non-hydrogen) atoms. The maximum absolute atomic E-state index is 6.31. The average Bonchev–Trinajstić information content (AvgIpc) is 2.77. The molecule has 0 fully saturated rings. The largest absolute Gasteiger partial charge is 0.254 e. The molecular formula is C15H13ClN-. The molecule has 86 valence electrons. The Labute approximate surface area is 106 Å². The standard InChI is InChI=1S/C15H13ClN/c1-10-4-2-5-11(8-10)15-9-13(16)12-6-3-7-14(12)17-15/h2,4-5,8-9H,1,3,6-7H2/q-1. The van der Waals surface area contributed by atoms with Gasteiger partial charge in [-0.05, 0) is 30.9 Å². The second-order valence-corrected chi connectivity index (χ2v) is 4.88. The molecule has 0 saturated carbocycles. The number of aromatic nitrogens is 1.